The van der Waals surface area contributed by atoms with Crippen LogP contribution in [0.1, 0.15) is 26.4 Å². The molecule has 3 N–H and O–H groups in total. The fourth-order valence-electron chi connectivity index (χ4n) is 2.41. The van der Waals surface area contributed by atoms with Gasteiger partial charge in [-0.3, -0.25) is 19.0 Å². The molecule has 0 saturated heterocycles. The molecule has 0 fully saturated rings. The summed E-state index contributed by atoms with van der Waals surface area (Å²) in [5.41, 5.74) is 7.16. The lowest BCUT2D eigenvalue weighted by molar-refractivity contribution is 0.0992. The van der Waals surface area contributed by atoms with Crippen molar-refractivity contribution >= 4 is 17.5 Å². The van der Waals surface area contributed by atoms with Crippen molar-refractivity contribution in [3.05, 3.63) is 65.7 Å². The molecule has 8 heteroatoms. The van der Waals surface area contributed by atoms with Crippen molar-refractivity contribution in [1.82, 2.24) is 19.6 Å². The molecule has 8 nitrogen and oxygen atoms in total. The number of carbonyl (C=O) groups is 2. The molecule has 122 valence electrons. The molecule has 0 radical (unpaired) electrons. The lowest BCUT2D eigenvalue weighted by Crippen LogP contribution is -2.20. The number of hydrogen-bond donors (Lipinski definition) is 2. The van der Waals surface area contributed by atoms with Crippen molar-refractivity contribution in [3.63, 3.8) is 0 Å². The fourth-order valence-corrected chi connectivity index (χ4v) is 2.41. The molecule has 3 aromatic rings. The van der Waals surface area contributed by atoms with Crippen LogP contribution in [0.25, 0.3) is 0 Å². The summed E-state index contributed by atoms with van der Waals surface area (Å²) in [4.78, 5) is 23.9. The Morgan fingerprint density at radius 3 is 2.79 bits per heavy atom. The van der Waals surface area contributed by atoms with Crippen LogP contribution < -0.4 is 11.1 Å². The summed E-state index contributed by atoms with van der Waals surface area (Å²) in [6, 6.07) is 9.02. The zero-order valence-electron chi connectivity index (χ0n) is 13.0. The Bertz CT molecular complexity index is 882. The zero-order chi connectivity index (χ0) is 17.1. The highest BCUT2D eigenvalue weighted by Gasteiger charge is 2.17. The average Bonchev–Trinajstić information content (AvgIpc) is 3.17. The highest BCUT2D eigenvalue weighted by molar-refractivity contribution is 6.08. The number of carbonyl (C=O) groups excluding carboxylic acids is 2. The Morgan fingerprint density at radius 1 is 1.25 bits per heavy atom. The second-order valence-electron chi connectivity index (χ2n) is 5.25. The Kier molecular flexibility index (Phi) is 4.11. The SMILES string of the molecule is Cn1ncc(NC(=O)c2cccc(Cn3cccn3)c2)c1C(N)=O. The van der Waals surface area contributed by atoms with E-state index in [1.165, 1.54) is 10.9 Å². The summed E-state index contributed by atoms with van der Waals surface area (Å²) in [7, 11) is 1.58. The van der Waals surface area contributed by atoms with E-state index in [1.807, 2.05) is 18.3 Å². The van der Waals surface area contributed by atoms with Gasteiger partial charge in [0.05, 0.1) is 18.4 Å². The zero-order valence-corrected chi connectivity index (χ0v) is 13.0. The number of nitrogens with two attached hydrogens (primary N) is 1. The van der Waals surface area contributed by atoms with Crippen molar-refractivity contribution < 1.29 is 9.59 Å². The Hall–Kier alpha value is -3.42. The highest BCUT2D eigenvalue weighted by Crippen LogP contribution is 2.15. The molecule has 0 aliphatic rings. The van der Waals surface area contributed by atoms with Crippen molar-refractivity contribution in [2.24, 2.45) is 12.8 Å². The van der Waals surface area contributed by atoms with Gasteiger partial charge in [-0.1, -0.05) is 12.1 Å². The van der Waals surface area contributed by atoms with Gasteiger partial charge in [0.15, 0.2) is 0 Å². The molecule has 2 aromatic heterocycles. The van der Waals surface area contributed by atoms with Crippen LogP contribution in [0.5, 0.6) is 0 Å². The number of anilines is 1. The minimum Gasteiger partial charge on any atom is -0.364 e. The standard InChI is InChI=1S/C16H16N6O2/c1-21-14(15(17)23)13(9-19-21)20-16(24)12-5-2-4-11(8-12)10-22-7-3-6-18-22/h2-9H,10H2,1H3,(H2,17,23)(H,20,24). The maximum atomic E-state index is 12.4. The van der Waals surface area contributed by atoms with Crippen LogP contribution in [0.4, 0.5) is 5.69 Å². The predicted octanol–water partition coefficient (Wildman–Crippen LogP) is 1.02. The number of aryl methyl sites for hydroxylation is 1. The minimum absolute atomic E-state index is 0.149. The third kappa shape index (κ3) is 3.17. The van der Waals surface area contributed by atoms with Crippen molar-refractivity contribution in [2.75, 3.05) is 5.32 Å². The second kappa shape index (κ2) is 6.37. The van der Waals surface area contributed by atoms with E-state index >= 15 is 0 Å². The quantitative estimate of drug-likeness (QED) is 0.730. The van der Waals surface area contributed by atoms with Crippen molar-refractivity contribution in [2.45, 2.75) is 6.54 Å². The summed E-state index contributed by atoms with van der Waals surface area (Å²) >= 11 is 0. The molecule has 0 saturated carbocycles. The van der Waals surface area contributed by atoms with E-state index in [1.54, 1.807) is 36.1 Å². The Labute approximate surface area is 137 Å². The first-order valence-corrected chi connectivity index (χ1v) is 7.24. The van der Waals surface area contributed by atoms with Gasteiger partial charge >= 0.3 is 0 Å². The van der Waals surface area contributed by atoms with Gasteiger partial charge in [-0.15, -0.1) is 0 Å². The molecule has 1 aromatic carbocycles. The first kappa shape index (κ1) is 15.5. The number of hydrogen-bond acceptors (Lipinski definition) is 4. The normalized spacial score (nSPS) is 10.5. The van der Waals surface area contributed by atoms with Gasteiger partial charge in [-0.2, -0.15) is 10.2 Å². The lowest BCUT2D eigenvalue weighted by atomic mass is 10.1. The number of primary amides is 1. The smallest absolute Gasteiger partial charge is 0.269 e. The van der Waals surface area contributed by atoms with Crippen LogP contribution in [0.2, 0.25) is 0 Å². The molecule has 0 aliphatic heterocycles. The van der Waals surface area contributed by atoms with Crippen LogP contribution in [-0.4, -0.2) is 31.4 Å². The number of benzene rings is 1. The number of aromatic nitrogens is 4. The fraction of sp³-hybridized carbons (Fsp3) is 0.125. The molecule has 0 unspecified atom stereocenters. The Balaban J connectivity index is 1.79. The number of rotatable bonds is 5. The van der Waals surface area contributed by atoms with E-state index < -0.39 is 5.91 Å². The third-order valence-corrected chi connectivity index (χ3v) is 3.51. The Morgan fingerprint density at radius 2 is 2.08 bits per heavy atom. The van der Waals surface area contributed by atoms with Crippen molar-refractivity contribution in [3.8, 4) is 0 Å². The van der Waals surface area contributed by atoms with Crippen LogP contribution in [-0.2, 0) is 13.6 Å². The largest absolute Gasteiger partial charge is 0.364 e. The number of nitrogens with one attached hydrogen (secondary N) is 1. The first-order valence-electron chi connectivity index (χ1n) is 7.24. The van der Waals surface area contributed by atoms with Crippen LogP contribution in [0.3, 0.4) is 0 Å². The third-order valence-electron chi connectivity index (χ3n) is 3.51. The van der Waals surface area contributed by atoms with E-state index in [2.05, 4.69) is 15.5 Å². The lowest BCUT2D eigenvalue weighted by Gasteiger charge is -2.07. The molecule has 24 heavy (non-hydrogen) atoms. The van der Waals surface area contributed by atoms with Crippen molar-refractivity contribution in [1.29, 1.82) is 0 Å². The molecule has 0 atom stereocenters. The topological polar surface area (TPSA) is 108 Å². The van der Waals surface area contributed by atoms with Gasteiger partial charge < -0.3 is 11.1 Å². The summed E-state index contributed by atoms with van der Waals surface area (Å²) in [5.74, 6) is -0.995. The van der Waals surface area contributed by atoms with E-state index in [-0.39, 0.29) is 17.3 Å². The van der Waals surface area contributed by atoms with Crippen LogP contribution in [0.15, 0.2) is 48.9 Å². The molecular weight excluding hydrogens is 308 g/mol. The second-order valence-corrected chi connectivity index (χ2v) is 5.25. The van der Waals surface area contributed by atoms with Gasteiger partial charge in [0.2, 0.25) is 0 Å². The molecule has 2 amide bonds. The molecular formula is C16H16N6O2. The summed E-state index contributed by atoms with van der Waals surface area (Å²) < 4.78 is 3.09. The van der Waals surface area contributed by atoms with Gasteiger partial charge in [-0.25, -0.2) is 0 Å². The molecule has 0 aliphatic carbocycles. The summed E-state index contributed by atoms with van der Waals surface area (Å²) in [6.07, 6.45) is 4.94. The monoisotopic (exact) mass is 324 g/mol. The predicted molar refractivity (Wildman–Crippen MR) is 87.5 cm³/mol. The van der Waals surface area contributed by atoms with E-state index in [9.17, 15) is 9.59 Å². The highest BCUT2D eigenvalue weighted by atomic mass is 16.2. The molecule has 0 bridgehead atoms. The molecule has 2 heterocycles. The number of nitrogens with zero attached hydrogens (tertiary/aromatic N) is 4. The summed E-state index contributed by atoms with van der Waals surface area (Å²) in [5, 5.41) is 10.8. The number of amides is 2. The molecule has 3 rings (SSSR count). The van der Waals surface area contributed by atoms with E-state index in [0.29, 0.717) is 12.1 Å². The maximum Gasteiger partial charge on any atom is 0.269 e. The summed E-state index contributed by atoms with van der Waals surface area (Å²) in [6.45, 7) is 0.563. The average molecular weight is 324 g/mol. The van der Waals surface area contributed by atoms with Gasteiger partial charge in [0.25, 0.3) is 11.8 Å². The van der Waals surface area contributed by atoms with E-state index in [4.69, 9.17) is 5.73 Å². The van der Waals surface area contributed by atoms with Gasteiger partial charge in [0, 0.05) is 25.0 Å². The van der Waals surface area contributed by atoms with Gasteiger partial charge in [-0.05, 0) is 23.8 Å². The first-order chi connectivity index (χ1) is 11.5. The van der Waals surface area contributed by atoms with Crippen LogP contribution >= 0.6 is 0 Å². The molecule has 0 spiro atoms. The van der Waals surface area contributed by atoms with Crippen LogP contribution in [0, 0.1) is 0 Å². The minimum atomic E-state index is -0.655. The van der Waals surface area contributed by atoms with Gasteiger partial charge in [0.1, 0.15) is 5.69 Å². The van der Waals surface area contributed by atoms with E-state index in [0.717, 1.165) is 5.56 Å². The maximum absolute atomic E-state index is 12.4.